The van der Waals surface area contributed by atoms with E-state index in [2.05, 4.69) is 54.9 Å². The molecule has 0 bridgehead atoms. The number of hydrogen-bond donors (Lipinski definition) is 0. The summed E-state index contributed by atoms with van der Waals surface area (Å²) in [5.74, 6) is 2.06. The quantitative estimate of drug-likeness (QED) is 0.680. The van der Waals surface area contributed by atoms with Gasteiger partial charge in [-0.05, 0) is 57.7 Å². The first-order chi connectivity index (χ1) is 8.90. The molecule has 1 heterocycles. The molecule has 1 nitrogen and oxygen atoms in total. The molecule has 2 heteroatoms. The van der Waals surface area contributed by atoms with Gasteiger partial charge in [0.1, 0.15) is 11.5 Å². The predicted octanol–water partition coefficient (Wildman–Crippen LogP) is 5.50. The number of halogens is 1. The molecular weight excluding hydrogens is 300 g/mol. The van der Waals surface area contributed by atoms with E-state index in [1.807, 2.05) is 13.8 Å². The van der Waals surface area contributed by atoms with Gasteiger partial charge in [0.05, 0.1) is 0 Å². The van der Waals surface area contributed by atoms with Crippen LogP contribution in [0.5, 0.6) is 0 Å². The maximum absolute atomic E-state index is 5.73. The average molecular weight is 321 g/mol. The van der Waals surface area contributed by atoms with Crippen molar-refractivity contribution in [2.24, 2.45) is 0 Å². The van der Waals surface area contributed by atoms with Crippen molar-refractivity contribution in [1.29, 1.82) is 0 Å². The summed E-state index contributed by atoms with van der Waals surface area (Å²) in [6.45, 7) is 10.5. The van der Waals surface area contributed by atoms with E-state index in [9.17, 15) is 0 Å². The lowest BCUT2D eigenvalue weighted by Gasteiger charge is -2.13. The van der Waals surface area contributed by atoms with Crippen LogP contribution in [-0.2, 0) is 6.42 Å². The predicted molar refractivity (Wildman–Crippen MR) is 84.2 cm³/mol. The van der Waals surface area contributed by atoms with Gasteiger partial charge in [-0.25, -0.2) is 0 Å². The van der Waals surface area contributed by atoms with E-state index >= 15 is 0 Å². The maximum Gasteiger partial charge on any atom is 0.105 e. The highest BCUT2D eigenvalue weighted by molar-refractivity contribution is 9.09. The van der Waals surface area contributed by atoms with E-state index in [0.29, 0.717) is 4.83 Å². The first-order valence-electron chi connectivity index (χ1n) is 6.66. The molecule has 0 saturated heterocycles. The molecular formula is C17H21BrO. The van der Waals surface area contributed by atoms with Crippen LogP contribution in [0.3, 0.4) is 0 Å². The molecule has 0 saturated carbocycles. The summed E-state index contributed by atoms with van der Waals surface area (Å²) >= 11 is 3.84. The van der Waals surface area contributed by atoms with Gasteiger partial charge in [0.25, 0.3) is 0 Å². The monoisotopic (exact) mass is 320 g/mol. The molecule has 0 amide bonds. The zero-order valence-electron chi connectivity index (χ0n) is 12.3. The van der Waals surface area contributed by atoms with Crippen molar-refractivity contribution in [3.8, 4) is 0 Å². The lowest BCUT2D eigenvalue weighted by Crippen LogP contribution is -2.00. The fourth-order valence-corrected chi connectivity index (χ4v) is 3.60. The van der Waals surface area contributed by atoms with Crippen molar-refractivity contribution in [3.05, 3.63) is 57.5 Å². The van der Waals surface area contributed by atoms with Crippen LogP contribution in [0.1, 0.15) is 44.2 Å². The standard InChI is InChI=1S/C17H21BrO/c1-10-6-7-11(2)15(8-10)9-16(18)17-12(3)13(4)19-14(17)5/h6-8,16H,9H2,1-5H3. The number of hydrogen-bond acceptors (Lipinski definition) is 1. The summed E-state index contributed by atoms with van der Waals surface area (Å²) < 4.78 is 5.73. The van der Waals surface area contributed by atoms with Gasteiger partial charge in [0.15, 0.2) is 0 Å². The van der Waals surface area contributed by atoms with Gasteiger partial charge in [-0.2, -0.15) is 0 Å². The molecule has 2 aromatic rings. The van der Waals surface area contributed by atoms with Crippen molar-refractivity contribution >= 4 is 15.9 Å². The fraction of sp³-hybridized carbons (Fsp3) is 0.412. The van der Waals surface area contributed by atoms with E-state index in [1.54, 1.807) is 0 Å². The third kappa shape index (κ3) is 2.94. The molecule has 102 valence electrons. The third-order valence-electron chi connectivity index (χ3n) is 3.83. The number of aryl methyl sites for hydroxylation is 4. The minimum atomic E-state index is 0.311. The van der Waals surface area contributed by atoms with Crippen molar-refractivity contribution in [2.75, 3.05) is 0 Å². The minimum absolute atomic E-state index is 0.311. The van der Waals surface area contributed by atoms with Crippen LogP contribution in [0.15, 0.2) is 22.6 Å². The molecule has 19 heavy (non-hydrogen) atoms. The van der Waals surface area contributed by atoms with E-state index in [1.165, 1.54) is 27.8 Å². The lowest BCUT2D eigenvalue weighted by molar-refractivity contribution is 0.499. The third-order valence-corrected chi connectivity index (χ3v) is 4.62. The molecule has 0 aliphatic heterocycles. The van der Waals surface area contributed by atoms with Crippen molar-refractivity contribution in [2.45, 2.75) is 45.9 Å². The Labute approximate surface area is 124 Å². The largest absolute Gasteiger partial charge is 0.466 e. The van der Waals surface area contributed by atoms with Crippen molar-refractivity contribution in [3.63, 3.8) is 0 Å². The second kappa shape index (κ2) is 5.54. The highest BCUT2D eigenvalue weighted by atomic mass is 79.9. The van der Waals surface area contributed by atoms with Crippen molar-refractivity contribution in [1.82, 2.24) is 0 Å². The lowest BCUT2D eigenvalue weighted by atomic mass is 9.97. The summed E-state index contributed by atoms with van der Waals surface area (Å²) in [5, 5.41) is 0. The Morgan fingerprint density at radius 3 is 2.32 bits per heavy atom. The Balaban J connectivity index is 2.30. The Hall–Kier alpha value is -1.02. The van der Waals surface area contributed by atoms with E-state index < -0.39 is 0 Å². The molecule has 0 radical (unpaired) electrons. The highest BCUT2D eigenvalue weighted by Crippen LogP contribution is 2.35. The molecule has 1 unspecified atom stereocenters. The fourth-order valence-electron chi connectivity index (χ4n) is 2.59. The smallest absolute Gasteiger partial charge is 0.105 e. The SMILES string of the molecule is Cc1ccc(C)c(CC(Br)c2c(C)oc(C)c2C)c1. The number of rotatable bonds is 3. The minimum Gasteiger partial charge on any atom is -0.466 e. The van der Waals surface area contributed by atoms with Gasteiger partial charge in [-0.15, -0.1) is 0 Å². The second-order valence-corrected chi connectivity index (χ2v) is 6.46. The van der Waals surface area contributed by atoms with Crippen molar-refractivity contribution < 1.29 is 4.42 Å². The first-order valence-corrected chi connectivity index (χ1v) is 7.58. The van der Waals surface area contributed by atoms with Gasteiger partial charge in [-0.3, -0.25) is 0 Å². The number of alkyl halides is 1. The molecule has 0 aliphatic carbocycles. The molecule has 1 aromatic heterocycles. The Morgan fingerprint density at radius 1 is 1.05 bits per heavy atom. The zero-order valence-corrected chi connectivity index (χ0v) is 13.9. The number of benzene rings is 1. The van der Waals surface area contributed by atoms with Crippen LogP contribution in [-0.4, -0.2) is 0 Å². The Kier molecular flexibility index (Phi) is 4.19. The molecule has 0 spiro atoms. The molecule has 2 rings (SSSR count). The molecule has 1 aromatic carbocycles. The summed E-state index contributed by atoms with van der Waals surface area (Å²) in [5.41, 5.74) is 6.64. The molecule has 0 N–H and O–H groups in total. The van der Waals surface area contributed by atoms with E-state index in [4.69, 9.17) is 4.42 Å². The number of furan rings is 1. The zero-order chi connectivity index (χ0) is 14.2. The van der Waals surface area contributed by atoms with Crippen LogP contribution < -0.4 is 0 Å². The molecule has 0 fully saturated rings. The van der Waals surface area contributed by atoms with E-state index in [-0.39, 0.29) is 0 Å². The van der Waals surface area contributed by atoms with E-state index in [0.717, 1.165) is 17.9 Å². The normalized spacial score (nSPS) is 12.7. The topological polar surface area (TPSA) is 13.1 Å². The summed E-state index contributed by atoms with van der Waals surface area (Å²) in [6.07, 6.45) is 0.994. The second-order valence-electron chi connectivity index (χ2n) is 5.35. The van der Waals surface area contributed by atoms with Crippen LogP contribution in [0.4, 0.5) is 0 Å². The van der Waals surface area contributed by atoms with Gasteiger partial charge in [0, 0.05) is 10.4 Å². The highest BCUT2D eigenvalue weighted by Gasteiger charge is 2.19. The summed E-state index contributed by atoms with van der Waals surface area (Å²) in [7, 11) is 0. The van der Waals surface area contributed by atoms with Gasteiger partial charge in [-0.1, -0.05) is 39.7 Å². The Morgan fingerprint density at radius 2 is 1.74 bits per heavy atom. The van der Waals surface area contributed by atoms with Crippen LogP contribution in [0, 0.1) is 34.6 Å². The first kappa shape index (κ1) is 14.4. The average Bonchev–Trinajstić information content (AvgIpc) is 2.58. The Bertz CT molecular complexity index is 596. The van der Waals surface area contributed by atoms with Gasteiger partial charge < -0.3 is 4.42 Å². The molecule has 0 aliphatic rings. The maximum atomic E-state index is 5.73. The molecule has 1 atom stereocenters. The van der Waals surface area contributed by atoms with Crippen LogP contribution in [0.2, 0.25) is 0 Å². The summed E-state index contributed by atoms with van der Waals surface area (Å²) in [6, 6.07) is 6.65. The summed E-state index contributed by atoms with van der Waals surface area (Å²) in [4.78, 5) is 0.311. The van der Waals surface area contributed by atoms with Gasteiger partial charge >= 0.3 is 0 Å². The van der Waals surface area contributed by atoms with Crippen LogP contribution in [0.25, 0.3) is 0 Å². The van der Waals surface area contributed by atoms with Crippen LogP contribution >= 0.6 is 15.9 Å². The van der Waals surface area contributed by atoms with Gasteiger partial charge in [0.2, 0.25) is 0 Å².